The Balaban J connectivity index is 1.87. The maximum absolute atomic E-state index is 5.92. The highest BCUT2D eigenvalue weighted by Crippen LogP contribution is 2.33. The molecule has 0 unspecified atom stereocenters. The molecule has 1 fully saturated rings. The van der Waals surface area contributed by atoms with Crippen LogP contribution in [0.5, 0.6) is 5.75 Å². The molecule has 0 saturated carbocycles. The van der Waals surface area contributed by atoms with Crippen LogP contribution in [-0.4, -0.2) is 42.3 Å². The normalized spacial score (nSPS) is 16.9. The van der Waals surface area contributed by atoms with Gasteiger partial charge in [0.05, 0.1) is 12.8 Å². The first-order valence-electron chi connectivity index (χ1n) is 7.55. The number of nitrogen functional groups attached to an aromatic ring is 1. The first kappa shape index (κ1) is 14.8. The van der Waals surface area contributed by atoms with Crippen LogP contribution in [0.2, 0.25) is 0 Å². The lowest BCUT2D eigenvalue weighted by atomic mass is 9.96. The number of hydrogen-bond acceptors (Lipinski definition) is 6. The van der Waals surface area contributed by atoms with Crippen molar-refractivity contribution >= 4 is 5.69 Å². The van der Waals surface area contributed by atoms with Gasteiger partial charge in [0.2, 0.25) is 0 Å². The van der Waals surface area contributed by atoms with E-state index in [4.69, 9.17) is 15.0 Å². The highest BCUT2D eigenvalue weighted by molar-refractivity contribution is 5.68. The third-order valence-electron chi connectivity index (χ3n) is 4.33. The number of aryl methyl sites for hydroxylation is 1. The van der Waals surface area contributed by atoms with Crippen molar-refractivity contribution in [3.63, 3.8) is 0 Å². The Morgan fingerprint density at radius 3 is 2.73 bits per heavy atom. The fourth-order valence-electron chi connectivity index (χ4n) is 2.89. The average molecular weight is 302 g/mol. The van der Waals surface area contributed by atoms with Crippen molar-refractivity contribution < 1.29 is 9.26 Å². The van der Waals surface area contributed by atoms with Gasteiger partial charge in [0.1, 0.15) is 5.75 Å². The van der Waals surface area contributed by atoms with Gasteiger partial charge >= 0.3 is 0 Å². The molecule has 1 saturated heterocycles. The highest BCUT2D eigenvalue weighted by atomic mass is 16.5. The number of rotatable bonds is 3. The molecule has 6 heteroatoms. The first-order valence-corrected chi connectivity index (χ1v) is 7.55. The Morgan fingerprint density at radius 2 is 2.05 bits per heavy atom. The van der Waals surface area contributed by atoms with E-state index in [0.29, 0.717) is 23.2 Å². The van der Waals surface area contributed by atoms with Crippen LogP contribution in [0.4, 0.5) is 5.69 Å². The molecule has 0 radical (unpaired) electrons. The fraction of sp³-hybridized carbons (Fsp3) is 0.500. The second kappa shape index (κ2) is 5.96. The summed E-state index contributed by atoms with van der Waals surface area (Å²) >= 11 is 0. The summed E-state index contributed by atoms with van der Waals surface area (Å²) in [7, 11) is 3.74. The molecule has 22 heavy (non-hydrogen) atoms. The van der Waals surface area contributed by atoms with Crippen molar-refractivity contribution in [1.29, 1.82) is 0 Å². The minimum absolute atomic E-state index is 0.379. The van der Waals surface area contributed by atoms with Crippen molar-refractivity contribution in [2.45, 2.75) is 25.7 Å². The minimum atomic E-state index is 0.379. The fourth-order valence-corrected chi connectivity index (χ4v) is 2.89. The number of nitrogens with zero attached hydrogens (tertiary/aromatic N) is 3. The number of hydrogen-bond donors (Lipinski definition) is 1. The summed E-state index contributed by atoms with van der Waals surface area (Å²) in [5.41, 5.74) is 8.40. The minimum Gasteiger partial charge on any atom is -0.495 e. The Labute approximate surface area is 130 Å². The van der Waals surface area contributed by atoms with Crippen molar-refractivity contribution in [1.82, 2.24) is 15.0 Å². The van der Waals surface area contributed by atoms with E-state index in [9.17, 15) is 0 Å². The average Bonchev–Trinajstić information content (AvgIpc) is 2.98. The SMILES string of the molecule is COc1cc(-c2nc(C3CCN(C)CC3)no2)c(C)cc1N. The standard InChI is InChI=1S/C16H22N4O2/c1-10-8-13(17)14(21-3)9-12(10)16-18-15(19-22-16)11-4-6-20(2)7-5-11/h8-9,11H,4-7,17H2,1-3H3. The monoisotopic (exact) mass is 302 g/mol. The summed E-state index contributed by atoms with van der Waals surface area (Å²) in [6, 6.07) is 3.73. The molecule has 1 aliphatic heterocycles. The van der Waals surface area contributed by atoms with E-state index in [2.05, 4.69) is 22.1 Å². The summed E-state index contributed by atoms with van der Waals surface area (Å²) in [4.78, 5) is 6.93. The zero-order valence-electron chi connectivity index (χ0n) is 13.3. The molecular weight excluding hydrogens is 280 g/mol. The van der Waals surface area contributed by atoms with Gasteiger partial charge in [0, 0.05) is 11.5 Å². The Morgan fingerprint density at radius 1 is 1.32 bits per heavy atom. The van der Waals surface area contributed by atoms with E-state index in [1.807, 2.05) is 19.1 Å². The van der Waals surface area contributed by atoms with E-state index in [1.165, 1.54) is 0 Å². The molecule has 6 nitrogen and oxygen atoms in total. The Bertz CT molecular complexity index is 660. The number of nitrogens with two attached hydrogens (primary N) is 1. The lowest BCUT2D eigenvalue weighted by molar-refractivity contribution is 0.248. The Hall–Kier alpha value is -2.08. The third kappa shape index (κ3) is 2.78. The molecule has 2 N–H and O–H groups in total. The summed E-state index contributed by atoms with van der Waals surface area (Å²) in [6.07, 6.45) is 2.14. The molecule has 1 aliphatic rings. The number of likely N-dealkylation sites (tertiary alicyclic amines) is 1. The molecule has 1 aromatic carbocycles. The van der Waals surface area contributed by atoms with Gasteiger partial charge in [-0.05, 0) is 57.6 Å². The summed E-state index contributed by atoms with van der Waals surface area (Å²) in [5.74, 6) is 2.34. The second-order valence-corrected chi connectivity index (χ2v) is 5.94. The highest BCUT2D eigenvalue weighted by Gasteiger charge is 2.24. The number of anilines is 1. The van der Waals surface area contributed by atoms with Gasteiger partial charge in [-0.15, -0.1) is 0 Å². The predicted molar refractivity (Wildman–Crippen MR) is 84.9 cm³/mol. The molecule has 2 heterocycles. The number of ether oxygens (including phenoxy) is 1. The van der Waals surface area contributed by atoms with Gasteiger partial charge in [-0.1, -0.05) is 5.16 Å². The molecule has 0 amide bonds. The maximum atomic E-state index is 5.92. The second-order valence-electron chi connectivity index (χ2n) is 5.94. The molecule has 0 spiro atoms. The zero-order chi connectivity index (χ0) is 15.7. The molecule has 118 valence electrons. The summed E-state index contributed by atoms with van der Waals surface area (Å²) in [5, 5.41) is 4.18. The van der Waals surface area contributed by atoms with Crippen molar-refractivity contribution in [2.75, 3.05) is 33.0 Å². The predicted octanol–water partition coefficient (Wildman–Crippen LogP) is 2.45. The van der Waals surface area contributed by atoms with Crippen LogP contribution in [0.25, 0.3) is 11.5 Å². The number of methoxy groups -OCH3 is 1. The lowest BCUT2D eigenvalue weighted by Crippen LogP contribution is -2.29. The molecule has 0 atom stereocenters. The largest absolute Gasteiger partial charge is 0.495 e. The zero-order valence-corrected chi connectivity index (χ0v) is 13.3. The topological polar surface area (TPSA) is 77.4 Å². The van der Waals surface area contributed by atoms with Gasteiger partial charge in [0.15, 0.2) is 5.82 Å². The van der Waals surface area contributed by atoms with Crippen LogP contribution < -0.4 is 10.5 Å². The Kier molecular flexibility index (Phi) is 4.02. The van der Waals surface area contributed by atoms with E-state index >= 15 is 0 Å². The van der Waals surface area contributed by atoms with Gasteiger partial charge in [-0.3, -0.25) is 0 Å². The molecule has 3 rings (SSSR count). The van der Waals surface area contributed by atoms with Gasteiger partial charge in [-0.2, -0.15) is 4.98 Å². The molecule has 0 aliphatic carbocycles. The summed E-state index contributed by atoms with van der Waals surface area (Å²) < 4.78 is 10.8. The number of piperidine rings is 1. The van der Waals surface area contributed by atoms with Gasteiger partial charge in [0.25, 0.3) is 5.89 Å². The van der Waals surface area contributed by atoms with Crippen molar-refractivity contribution in [3.05, 3.63) is 23.5 Å². The third-order valence-corrected chi connectivity index (χ3v) is 4.33. The molecule has 2 aromatic rings. The first-order chi connectivity index (χ1) is 10.6. The van der Waals surface area contributed by atoms with E-state index in [-0.39, 0.29) is 0 Å². The molecule has 1 aromatic heterocycles. The number of benzene rings is 1. The van der Waals surface area contributed by atoms with Crippen LogP contribution in [0, 0.1) is 6.92 Å². The van der Waals surface area contributed by atoms with E-state index < -0.39 is 0 Å². The van der Waals surface area contributed by atoms with Crippen LogP contribution in [0.1, 0.15) is 30.1 Å². The lowest BCUT2D eigenvalue weighted by Gasteiger charge is -2.26. The van der Waals surface area contributed by atoms with Gasteiger partial charge < -0.3 is 19.9 Å². The summed E-state index contributed by atoms with van der Waals surface area (Å²) in [6.45, 7) is 4.12. The molecule has 0 bridgehead atoms. The van der Waals surface area contributed by atoms with Crippen LogP contribution in [-0.2, 0) is 0 Å². The maximum Gasteiger partial charge on any atom is 0.258 e. The quantitative estimate of drug-likeness (QED) is 0.878. The molecular formula is C16H22N4O2. The van der Waals surface area contributed by atoms with E-state index in [0.717, 1.165) is 42.9 Å². The smallest absolute Gasteiger partial charge is 0.258 e. The van der Waals surface area contributed by atoms with Crippen LogP contribution in [0.3, 0.4) is 0 Å². The van der Waals surface area contributed by atoms with Crippen molar-refractivity contribution in [2.24, 2.45) is 0 Å². The van der Waals surface area contributed by atoms with Crippen LogP contribution in [0.15, 0.2) is 16.7 Å². The van der Waals surface area contributed by atoms with Gasteiger partial charge in [-0.25, -0.2) is 0 Å². The van der Waals surface area contributed by atoms with Crippen molar-refractivity contribution in [3.8, 4) is 17.2 Å². The van der Waals surface area contributed by atoms with E-state index in [1.54, 1.807) is 7.11 Å². The van der Waals surface area contributed by atoms with Crippen LogP contribution >= 0.6 is 0 Å². The number of aromatic nitrogens is 2.